The number of aliphatic hydroxyl groups is 3. The number of methoxy groups -OCH3 is 1. The van der Waals surface area contributed by atoms with Crippen molar-refractivity contribution in [1.29, 1.82) is 0 Å². The average Bonchev–Trinajstić information content (AvgIpc) is 2.19. The van der Waals surface area contributed by atoms with Crippen LogP contribution in [0, 0.1) is 0 Å². The van der Waals surface area contributed by atoms with Crippen LogP contribution in [0.4, 0.5) is 4.79 Å². The van der Waals surface area contributed by atoms with E-state index in [2.05, 4.69) is 10.1 Å². The van der Waals surface area contributed by atoms with Gasteiger partial charge in [-0.2, -0.15) is 0 Å². The zero-order valence-electron chi connectivity index (χ0n) is 7.58. The summed E-state index contributed by atoms with van der Waals surface area (Å²) in [6.45, 7) is -0.160. The molecule has 0 aromatic heterocycles. The molecule has 4 N–H and O–H groups in total. The Morgan fingerprint density at radius 1 is 1.43 bits per heavy atom. The quantitative estimate of drug-likeness (QED) is 0.388. The summed E-state index contributed by atoms with van der Waals surface area (Å²) in [6.07, 6.45) is -5.72. The van der Waals surface area contributed by atoms with E-state index in [0.717, 1.165) is 7.11 Å². The van der Waals surface area contributed by atoms with Crippen LogP contribution in [-0.4, -0.2) is 59.7 Å². The van der Waals surface area contributed by atoms with Gasteiger partial charge in [0.15, 0.2) is 6.23 Å². The minimum absolute atomic E-state index is 0.160. The van der Waals surface area contributed by atoms with Crippen molar-refractivity contribution in [2.24, 2.45) is 0 Å². The minimum atomic E-state index is -1.38. The number of hydrogen-bond acceptors (Lipinski definition) is 6. The first-order chi connectivity index (χ1) is 6.56. The molecule has 1 rings (SSSR count). The average molecular weight is 207 g/mol. The van der Waals surface area contributed by atoms with E-state index in [9.17, 15) is 15.0 Å². The monoisotopic (exact) mass is 207 g/mol. The molecule has 7 heteroatoms. The van der Waals surface area contributed by atoms with Crippen molar-refractivity contribution in [3.8, 4) is 0 Å². The number of alkyl carbamates (subject to hydrolysis) is 1. The first kappa shape index (κ1) is 11.2. The Kier molecular flexibility index (Phi) is 3.64. The summed E-state index contributed by atoms with van der Waals surface area (Å²) in [5.74, 6) is 0. The van der Waals surface area contributed by atoms with Gasteiger partial charge in [-0.3, -0.25) is 5.32 Å². The molecule has 1 aliphatic rings. The van der Waals surface area contributed by atoms with Crippen LogP contribution in [0.25, 0.3) is 0 Å². The molecule has 82 valence electrons. The highest BCUT2D eigenvalue weighted by molar-refractivity contribution is 5.67. The molecule has 1 saturated heterocycles. The molecule has 0 spiro atoms. The normalized spacial score (nSPS) is 37.7. The highest BCUT2D eigenvalue weighted by Crippen LogP contribution is 2.13. The predicted octanol–water partition coefficient (Wildman–Crippen LogP) is -2.22. The molecular weight excluding hydrogens is 194 g/mol. The van der Waals surface area contributed by atoms with Crippen molar-refractivity contribution in [3.05, 3.63) is 0 Å². The Hall–Kier alpha value is -0.890. The van der Waals surface area contributed by atoms with Gasteiger partial charge in [-0.15, -0.1) is 0 Å². The van der Waals surface area contributed by atoms with Crippen LogP contribution >= 0.6 is 0 Å². The van der Waals surface area contributed by atoms with Gasteiger partial charge in [-0.05, 0) is 0 Å². The van der Waals surface area contributed by atoms with Gasteiger partial charge in [0.25, 0.3) is 0 Å². The molecule has 0 unspecified atom stereocenters. The van der Waals surface area contributed by atoms with Crippen LogP contribution in [0.3, 0.4) is 0 Å². The van der Waals surface area contributed by atoms with Gasteiger partial charge in [-0.25, -0.2) is 4.79 Å². The predicted molar refractivity (Wildman–Crippen MR) is 43.3 cm³/mol. The molecule has 4 atom stereocenters. The minimum Gasteiger partial charge on any atom is -0.453 e. The summed E-state index contributed by atoms with van der Waals surface area (Å²) < 4.78 is 9.15. The number of amides is 1. The summed E-state index contributed by atoms with van der Waals surface area (Å²) in [6, 6.07) is 0. The lowest BCUT2D eigenvalue weighted by Gasteiger charge is -2.34. The van der Waals surface area contributed by atoms with E-state index < -0.39 is 30.6 Å². The van der Waals surface area contributed by atoms with E-state index in [1.54, 1.807) is 0 Å². The zero-order valence-corrected chi connectivity index (χ0v) is 7.58. The third-order valence-corrected chi connectivity index (χ3v) is 1.95. The number of aliphatic hydroxyl groups excluding tert-OH is 3. The van der Waals surface area contributed by atoms with E-state index in [1.165, 1.54) is 0 Å². The summed E-state index contributed by atoms with van der Waals surface area (Å²) >= 11 is 0. The lowest BCUT2D eigenvalue weighted by Crippen LogP contribution is -2.58. The molecule has 0 saturated carbocycles. The summed E-state index contributed by atoms with van der Waals surface area (Å²) in [5, 5.41) is 29.8. The van der Waals surface area contributed by atoms with Crippen molar-refractivity contribution in [2.45, 2.75) is 24.5 Å². The molecular formula is C7H13NO6. The molecule has 0 bridgehead atoms. The van der Waals surface area contributed by atoms with Gasteiger partial charge in [0, 0.05) is 0 Å². The zero-order chi connectivity index (χ0) is 10.7. The van der Waals surface area contributed by atoms with Gasteiger partial charge >= 0.3 is 6.09 Å². The number of carbonyl (C=O) groups excluding carboxylic acids is 1. The van der Waals surface area contributed by atoms with Crippen molar-refractivity contribution in [1.82, 2.24) is 5.32 Å². The van der Waals surface area contributed by atoms with E-state index in [4.69, 9.17) is 9.84 Å². The Labute approximate surface area is 80.2 Å². The SMILES string of the molecule is COC(=O)N[C@H]1OC[C@@H](O)[C@@H](O)[C@@H]1O. The largest absolute Gasteiger partial charge is 0.453 e. The van der Waals surface area contributed by atoms with Gasteiger partial charge in [0.05, 0.1) is 13.7 Å². The van der Waals surface area contributed by atoms with E-state index >= 15 is 0 Å². The molecule has 1 fully saturated rings. The van der Waals surface area contributed by atoms with Gasteiger partial charge < -0.3 is 24.8 Å². The van der Waals surface area contributed by atoms with Crippen LogP contribution in [0.15, 0.2) is 0 Å². The topological polar surface area (TPSA) is 108 Å². The molecule has 0 aromatic rings. The van der Waals surface area contributed by atoms with Crippen LogP contribution < -0.4 is 5.32 Å². The first-order valence-electron chi connectivity index (χ1n) is 4.06. The molecule has 1 heterocycles. The van der Waals surface area contributed by atoms with Crippen LogP contribution in [0.1, 0.15) is 0 Å². The molecule has 0 aromatic carbocycles. The summed E-state index contributed by atoms with van der Waals surface area (Å²) in [4.78, 5) is 10.7. The maximum atomic E-state index is 10.7. The second-order valence-electron chi connectivity index (χ2n) is 2.94. The Morgan fingerprint density at radius 2 is 2.07 bits per heavy atom. The third kappa shape index (κ3) is 2.32. The summed E-state index contributed by atoms with van der Waals surface area (Å²) in [7, 11) is 1.16. The van der Waals surface area contributed by atoms with Crippen LogP contribution in [0.2, 0.25) is 0 Å². The molecule has 7 nitrogen and oxygen atoms in total. The fourth-order valence-corrected chi connectivity index (χ4v) is 1.11. The van der Waals surface area contributed by atoms with E-state index in [1.807, 2.05) is 0 Å². The number of hydrogen-bond donors (Lipinski definition) is 4. The number of ether oxygens (including phenoxy) is 2. The lowest BCUT2D eigenvalue weighted by molar-refractivity contribution is -0.192. The van der Waals surface area contributed by atoms with Gasteiger partial charge in [-0.1, -0.05) is 0 Å². The molecule has 1 amide bonds. The number of carbonyl (C=O) groups is 1. The number of nitrogens with one attached hydrogen (secondary N) is 1. The lowest BCUT2D eigenvalue weighted by atomic mass is 10.0. The van der Waals surface area contributed by atoms with E-state index in [0.29, 0.717) is 0 Å². The second kappa shape index (κ2) is 4.56. The fraction of sp³-hybridized carbons (Fsp3) is 0.857. The Bertz CT molecular complexity index is 210. The summed E-state index contributed by atoms with van der Waals surface area (Å²) in [5.41, 5.74) is 0. The third-order valence-electron chi connectivity index (χ3n) is 1.95. The van der Waals surface area contributed by atoms with Crippen molar-refractivity contribution < 1.29 is 29.6 Å². The maximum Gasteiger partial charge on any atom is 0.408 e. The van der Waals surface area contributed by atoms with Crippen molar-refractivity contribution >= 4 is 6.09 Å². The molecule has 14 heavy (non-hydrogen) atoms. The smallest absolute Gasteiger partial charge is 0.408 e. The van der Waals surface area contributed by atoms with Crippen molar-refractivity contribution in [2.75, 3.05) is 13.7 Å². The van der Waals surface area contributed by atoms with Crippen molar-refractivity contribution in [3.63, 3.8) is 0 Å². The fourth-order valence-electron chi connectivity index (χ4n) is 1.11. The molecule has 1 aliphatic heterocycles. The van der Waals surface area contributed by atoms with Gasteiger partial charge in [0.1, 0.15) is 18.3 Å². The standard InChI is InChI=1S/C7H13NO6/c1-13-7(12)8-6-5(11)4(10)3(9)2-14-6/h3-6,9-11H,2H2,1H3,(H,8,12)/t3-,4-,5+,6+/m1/s1. The van der Waals surface area contributed by atoms with Gasteiger partial charge in [0.2, 0.25) is 0 Å². The second-order valence-corrected chi connectivity index (χ2v) is 2.94. The highest BCUT2D eigenvalue weighted by atomic mass is 16.6. The maximum absolute atomic E-state index is 10.7. The highest BCUT2D eigenvalue weighted by Gasteiger charge is 2.38. The Morgan fingerprint density at radius 3 is 2.64 bits per heavy atom. The molecule has 0 aliphatic carbocycles. The van der Waals surface area contributed by atoms with Crippen LogP contribution in [0.5, 0.6) is 0 Å². The Balaban J connectivity index is 2.50. The first-order valence-corrected chi connectivity index (χ1v) is 4.06. The van der Waals surface area contributed by atoms with Crippen LogP contribution in [-0.2, 0) is 9.47 Å². The van der Waals surface area contributed by atoms with E-state index in [-0.39, 0.29) is 6.61 Å². The number of rotatable bonds is 1. The molecule has 0 radical (unpaired) electrons.